The number of hydrogen-bond donors (Lipinski definition) is 2. The molecule has 2 N–H and O–H groups in total. The molecule has 0 radical (unpaired) electrons. The van der Waals surface area contributed by atoms with Gasteiger partial charge in [0.1, 0.15) is 0 Å². The van der Waals surface area contributed by atoms with Crippen molar-refractivity contribution in [1.82, 2.24) is 15.2 Å². The smallest absolute Gasteiger partial charge is 0.293 e. The normalized spacial score (nSPS) is 20.4. The zero-order valence-corrected chi connectivity index (χ0v) is 16.6. The standard InChI is InChI=1S/C19H26N4O3S/c1-13-8-14(2)11-23(10-13)6-5-20-17(24)9-15-12-27-19(21-15)22-18(25)16-4-3-7-26-16/h3-4,7,12-14H,5-6,8-11H2,1-2H3,(H,20,24)(H,21,22,25). The molecule has 0 bridgehead atoms. The Morgan fingerprint density at radius 2 is 2.11 bits per heavy atom. The van der Waals surface area contributed by atoms with Crippen LogP contribution in [-0.4, -0.2) is 47.9 Å². The fourth-order valence-corrected chi connectivity index (χ4v) is 4.27. The molecular formula is C19H26N4O3S. The molecule has 27 heavy (non-hydrogen) atoms. The molecule has 8 heteroatoms. The first-order chi connectivity index (χ1) is 13.0. The lowest BCUT2D eigenvalue weighted by Crippen LogP contribution is -2.43. The first-order valence-corrected chi connectivity index (χ1v) is 10.2. The summed E-state index contributed by atoms with van der Waals surface area (Å²) in [5.41, 5.74) is 0.646. The van der Waals surface area contributed by atoms with Gasteiger partial charge in [-0.25, -0.2) is 4.98 Å². The summed E-state index contributed by atoms with van der Waals surface area (Å²) in [6, 6.07) is 3.23. The Hall–Kier alpha value is -2.19. The van der Waals surface area contributed by atoms with Gasteiger partial charge in [0.25, 0.3) is 5.91 Å². The Labute approximate surface area is 163 Å². The van der Waals surface area contributed by atoms with Crippen molar-refractivity contribution in [3.63, 3.8) is 0 Å². The molecule has 2 amide bonds. The average molecular weight is 391 g/mol. The van der Waals surface area contributed by atoms with Crippen LogP contribution in [0.25, 0.3) is 0 Å². The molecule has 0 spiro atoms. The van der Waals surface area contributed by atoms with Crippen LogP contribution >= 0.6 is 11.3 Å². The van der Waals surface area contributed by atoms with E-state index in [1.165, 1.54) is 24.0 Å². The van der Waals surface area contributed by atoms with Gasteiger partial charge in [0.15, 0.2) is 10.9 Å². The lowest BCUT2D eigenvalue weighted by molar-refractivity contribution is -0.120. The molecule has 3 heterocycles. The largest absolute Gasteiger partial charge is 0.459 e. The number of thiazole rings is 1. The Balaban J connectivity index is 1.39. The number of anilines is 1. The quantitative estimate of drug-likeness (QED) is 0.759. The molecule has 1 saturated heterocycles. The van der Waals surface area contributed by atoms with E-state index >= 15 is 0 Å². The van der Waals surface area contributed by atoms with E-state index in [2.05, 4.69) is 34.4 Å². The molecule has 1 aliphatic heterocycles. The van der Waals surface area contributed by atoms with Crippen molar-refractivity contribution in [1.29, 1.82) is 0 Å². The lowest BCUT2D eigenvalue weighted by atomic mass is 9.92. The molecule has 2 unspecified atom stereocenters. The summed E-state index contributed by atoms with van der Waals surface area (Å²) in [6.07, 6.45) is 2.93. The maximum absolute atomic E-state index is 12.1. The van der Waals surface area contributed by atoms with Crippen LogP contribution in [0.3, 0.4) is 0 Å². The highest BCUT2D eigenvalue weighted by molar-refractivity contribution is 7.14. The van der Waals surface area contributed by atoms with Crippen molar-refractivity contribution in [2.45, 2.75) is 26.7 Å². The van der Waals surface area contributed by atoms with Crippen LogP contribution in [0.15, 0.2) is 28.2 Å². The van der Waals surface area contributed by atoms with Crippen LogP contribution in [0, 0.1) is 11.8 Å². The molecular weight excluding hydrogens is 364 g/mol. The third kappa shape index (κ3) is 5.90. The Kier molecular flexibility index (Phi) is 6.63. The summed E-state index contributed by atoms with van der Waals surface area (Å²) >= 11 is 1.29. The Morgan fingerprint density at radius 1 is 1.33 bits per heavy atom. The molecule has 1 fully saturated rings. The highest BCUT2D eigenvalue weighted by Crippen LogP contribution is 2.20. The van der Waals surface area contributed by atoms with Crippen LogP contribution in [0.2, 0.25) is 0 Å². The Morgan fingerprint density at radius 3 is 2.81 bits per heavy atom. The van der Waals surface area contributed by atoms with Crippen LogP contribution in [0.4, 0.5) is 5.13 Å². The number of carbonyl (C=O) groups is 2. The van der Waals surface area contributed by atoms with E-state index in [0.717, 1.165) is 19.6 Å². The number of nitrogens with one attached hydrogen (secondary N) is 2. The number of piperidine rings is 1. The molecule has 1 aliphatic rings. The van der Waals surface area contributed by atoms with Crippen molar-refractivity contribution in [3.8, 4) is 0 Å². The number of aromatic nitrogens is 1. The topological polar surface area (TPSA) is 87.5 Å². The van der Waals surface area contributed by atoms with E-state index in [4.69, 9.17) is 4.42 Å². The fraction of sp³-hybridized carbons (Fsp3) is 0.526. The number of rotatable bonds is 7. The van der Waals surface area contributed by atoms with Crippen LogP contribution in [0.1, 0.15) is 36.5 Å². The highest BCUT2D eigenvalue weighted by Gasteiger charge is 2.21. The molecule has 2 atom stereocenters. The molecule has 2 aromatic rings. The zero-order valence-electron chi connectivity index (χ0n) is 15.7. The van der Waals surface area contributed by atoms with Crippen molar-refractivity contribution < 1.29 is 14.0 Å². The number of furan rings is 1. The molecule has 146 valence electrons. The van der Waals surface area contributed by atoms with Crippen LogP contribution in [0.5, 0.6) is 0 Å². The second-order valence-electron chi connectivity index (χ2n) is 7.31. The van der Waals surface area contributed by atoms with Crippen LogP contribution < -0.4 is 10.6 Å². The minimum atomic E-state index is -0.352. The van der Waals surface area contributed by atoms with Crippen molar-refractivity contribution >= 4 is 28.3 Å². The number of nitrogens with zero attached hydrogens (tertiary/aromatic N) is 2. The second kappa shape index (κ2) is 9.14. The number of likely N-dealkylation sites (tertiary alicyclic amines) is 1. The van der Waals surface area contributed by atoms with E-state index in [1.54, 1.807) is 17.5 Å². The van der Waals surface area contributed by atoms with Crippen molar-refractivity contribution in [2.24, 2.45) is 11.8 Å². The van der Waals surface area contributed by atoms with Gasteiger partial charge < -0.3 is 14.6 Å². The number of amides is 2. The zero-order chi connectivity index (χ0) is 19.2. The Bertz CT molecular complexity index is 749. The van der Waals surface area contributed by atoms with Gasteiger partial charge in [-0.1, -0.05) is 13.8 Å². The third-order valence-electron chi connectivity index (χ3n) is 4.55. The maximum Gasteiger partial charge on any atom is 0.293 e. The van der Waals surface area contributed by atoms with E-state index in [-0.39, 0.29) is 24.0 Å². The second-order valence-corrected chi connectivity index (χ2v) is 8.17. The minimum absolute atomic E-state index is 0.0534. The average Bonchev–Trinajstić information content (AvgIpc) is 3.26. The predicted octanol–water partition coefficient (Wildman–Crippen LogP) is 2.63. The van der Waals surface area contributed by atoms with Gasteiger partial charge in [-0.15, -0.1) is 11.3 Å². The van der Waals surface area contributed by atoms with E-state index < -0.39 is 0 Å². The molecule has 0 saturated carbocycles. The van der Waals surface area contributed by atoms with Crippen molar-refractivity contribution in [2.75, 3.05) is 31.5 Å². The van der Waals surface area contributed by atoms with Crippen LogP contribution in [-0.2, 0) is 11.2 Å². The molecule has 0 aliphatic carbocycles. The van der Waals surface area contributed by atoms with Crippen molar-refractivity contribution in [3.05, 3.63) is 35.2 Å². The summed E-state index contributed by atoms with van der Waals surface area (Å²) in [5, 5.41) is 7.87. The summed E-state index contributed by atoms with van der Waals surface area (Å²) in [6.45, 7) is 8.29. The third-order valence-corrected chi connectivity index (χ3v) is 5.36. The van der Waals surface area contributed by atoms with E-state index in [1.807, 2.05) is 0 Å². The fourth-order valence-electron chi connectivity index (χ4n) is 3.57. The molecule has 7 nitrogen and oxygen atoms in total. The number of carbonyl (C=O) groups excluding carboxylic acids is 2. The van der Waals surface area contributed by atoms with Gasteiger partial charge in [-0.3, -0.25) is 14.9 Å². The minimum Gasteiger partial charge on any atom is -0.459 e. The number of hydrogen-bond acceptors (Lipinski definition) is 6. The molecule has 2 aromatic heterocycles. The monoisotopic (exact) mass is 390 g/mol. The SMILES string of the molecule is CC1CC(C)CN(CCNC(=O)Cc2csc(NC(=O)c3ccco3)n2)C1. The van der Waals surface area contributed by atoms with E-state index in [0.29, 0.717) is 29.2 Å². The predicted molar refractivity (Wildman–Crippen MR) is 105 cm³/mol. The summed E-state index contributed by atoms with van der Waals surface area (Å²) in [4.78, 5) is 30.8. The lowest BCUT2D eigenvalue weighted by Gasteiger charge is -2.34. The van der Waals surface area contributed by atoms with Gasteiger partial charge in [-0.05, 0) is 30.4 Å². The first kappa shape index (κ1) is 19.6. The van der Waals surface area contributed by atoms with Gasteiger partial charge in [0, 0.05) is 31.6 Å². The van der Waals surface area contributed by atoms with E-state index in [9.17, 15) is 9.59 Å². The maximum atomic E-state index is 12.1. The summed E-state index contributed by atoms with van der Waals surface area (Å²) in [7, 11) is 0. The first-order valence-electron chi connectivity index (χ1n) is 9.28. The van der Waals surface area contributed by atoms with Gasteiger partial charge in [0.05, 0.1) is 18.4 Å². The summed E-state index contributed by atoms with van der Waals surface area (Å²) in [5.74, 6) is 1.26. The van der Waals surface area contributed by atoms with Gasteiger partial charge in [-0.2, -0.15) is 0 Å². The summed E-state index contributed by atoms with van der Waals surface area (Å²) < 4.78 is 5.04. The molecule has 3 rings (SSSR count). The van der Waals surface area contributed by atoms with Gasteiger partial charge >= 0.3 is 0 Å². The molecule has 0 aromatic carbocycles. The highest BCUT2D eigenvalue weighted by atomic mass is 32.1. The van der Waals surface area contributed by atoms with Gasteiger partial charge in [0.2, 0.25) is 5.91 Å².